The normalized spacial score (nSPS) is 15.8. The lowest BCUT2D eigenvalue weighted by molar-refractivity contribution is 0.0632. The summed E-state index contributed by atoms with van der Waals surface area (Å²) < 4.78 is 6.93. The second kappa shape index (κ2) is 7.28. The number of hydrogen-bond acceptors (Lipinski definition) is 6. The monoisotopic (exact) mass is 388 g/mol. The molecule has 4 rings (SSSR count). The lowest BCUT2D eigenvalue weighted by Crippen LogP contribution is -2.45. The number of carbonyl (C=O) groups is 1. The lowest BCUT2D eigenvalue weighted by atomic mass is 10.0. The SMILES string of the molecule is CN(Cc1noc2ccc(Cl)cc12)C1CCN(C(=O)c2cn(C)nn2)CC1. The first-order valence-electron chi connectivity index (χ1n) is 8.91. The maximum absolute atomic E-state index is 12.5. The third-order valence-corrected chi connectivity index (χ3v) is 5.34. The Balaban J connectivity index is 1.37. The van der Waals surface area contributed by atoms with Crippen LogP contribution in [0.2, 0.25) is 5.02 Å². The van der Waals surface area contributed by atoms with Gasteiger partial charge in [0, 0.05) is 43.1 Å². The average Bonchev–Trinajstić information content (AvgIpc) is 3.27. The smallest absolute Gasteiger partial charge is 0.276 e. The molecule has 9 heteroatoms. The van der Waals surface area contributed by atoms with Gasteiger partial charge in [0.15, 0.2) is 11.3 Å². The first kappa shape index (κ1) is 17.9. The zero-order valence-corrected chi connectivity index (χ0v) is 16.1. The van der Waals surface area contributed by atoms with E-state index in [4.69, 9.17) is 16.1 Å². The number of nitrogens with zero attached hydrogens (tertiary/aromatic N) is 6. The molecule has 0 radical (unpaired) electrons. The van der Waals surface area contributed by atoms with Gasteiger partial charge in [-0.2, -0.15) is 0 Å². The summed E-state index contributed by atoms with van der Waals surface area (Å²) in [5.41, 5.74) is 2.02. The quantitative estimate of drug-likeness (QED) is 0.682. The maximum Gasteiger partial charge on any atom is 0.276 e. The van der Waals surface area contributed by atoms with Crippen molar-refractivity contribution in [3.05, 3.63) is 40.8 Å². The van der Waals surface area contributed by atoms with Crippen molar-refractivity contribution in [3.63, 3.8) is 0 Å². The first-order chi connectivity index (χ1) is 13.0. The summed E-state index contributed by atoms with van der Waals surface area (Å²) in [6.45, 7) is 2.09. The van der Waals surface area contributed by atoms with E-state index in [-0.39, 0.29) is 5.91 Å². The molecule has 1 fully saturated rings. The molecule has 0 aliphatic carbocycles. The molecule has 0 saturated carbocycles. The highest BCUT2D eigenvalue weighted by atomic mass is 35.5. The van der Waals surface area contributed by atoms with Crippen LogP contribution in [-0.4, -0.2) is 62.0 Å². The van der Waals surface area contributed by atoms with Crippen molar-refractivity contribution in [2.24, 2.45) is 7.05 Å². The summed E-state index contributed by atoms with van der Waals surface area (Å²) in [7, 11) is 3.83. The van der Waals surface area contributed by atoms with Crippen LogP contribution in [-0.2, 0) is 13.6 Å². The minimum Gasteiger partial charge on any atom is -0.356 e. The van der Waals surface area contributed by atoms with Crippen LogP contribution in [0.4, 0.5) is 0 Å². The van der Waals surface area contributed by atoms with Gasteiger partial charge in [-0.25, -0.2) is 0 Å². The van der Waals surface area contributed by atoms with E-state index in [0.29, 0.717) is 36.4 Å². The predicted molar refractivity (Wildman–Crippen MR) is 100 cm³/mol. The first-order valence-corrected chi connectivity index (χ1v) is 9.28. The molecule has 3 aromatic rings. The number of benzene rings is 1. The van der Waals surface area contributed by atoms with Crippen molar-refractivity contribution < 1.29 is 9.32 Å². The Hall–Kier alpha value is -2.45. The third kappa shape index (κ3) is 3.68. The van der Waals surface area contributed by atoms with Crippen LogP contribution in [0.5, 0.6) is 0 Å². The van der Waals surface area contributed by atoms with E-state index in [1.165, 1.54) is 0 Å². The van der Waals surface area contributed by atoms with Crippen molar-refractivity contribution in [2.45, 2.75) is 25.4 Å². The Bertz CT molecular complexity index is 960. The predicted octanol–water partition coefficient (Wildman–Crippen LogP) is 2.35. The fourth-order valence-corrected chi connectivity index (χ4v) is 3.73. The number of amides is 1. The van der Waals surface area contributed by atoms with E-state index in [1.807, 2.05) is 17.0 Å². The number of halogens is 1. The summed E-state index contributed by atoms with van der Waals surface area (Å²) in [5, 5.41) is 13.6. The molecule has 0 bridgehead atoms. The molecule has 0 spiro atoms. The van der Waals surface area contributed by atoms with Gasteiger partial charge in [0.2, 0.25) is 0 Å². The van der Waals surface area contributed by atoms with E-state index < -0.39 is 0 Å². The van der Waals surface area contributed by atoms with Gasteiger partial charge in [0.05, 0.1) is 6.20 Å². The molecule has 27 heavy (non-hydrogen) atoms. The minimum absolute atomic E-state index is 0.0543. The number of likely N-dealkylation sites (tertiary alicyclic amines) is 1. The topological polar surface area (TPSA) is 80.3 Å². The highest BCUT2D eigenvalue weighted by Crippen LogP contribution is 2.25. The minimum atomic E-state index is -0.0543. The van der Waals surface area contributed by atoms with Crippen LogP contribution in [0, 0.1) is 0 Å². The highest BCUT2D eigenvalue weighted by Gasteiger charge is 2.27. The molecule has 1 amide bonds. The number of hydrogen-bond donors (Lipinski definition) is 0. The van der Waals surface area contributed by atoms with Crippen molar-refractivity contribution in [3.8, 4) is 0 Å². The summed E-state index contributed by atoms with van der Waals surface area (Å²) >= 11 is 6.10. The molecule has 0 atom stereocenters. The lowest BCUT2D eigenvalue weighted by Gasteiger charge is -2.36. The molecule has 0 unspecified atom stereocenters. The van der Waals surface area contributed by atoms with E-state index in [9.17, 15) is 4.79 Å². The number of aryl methyl sites for hydroxylation is 1. The zero-order valence-electron chi connectivity index (χ0n) is 15.3. The summed E-state index contributed by atoms with van der Waals surface area (Å²) in [4.78, 5) is 16.6. The zero-order chi connectivity index (χ0) is 19.0. The summed E-state index contributed by atoms with van der Waals surface area (Å²) in [6, 6.07) is 5.90. The molecule has 2 aromatic heterocycles. The van der Waals surface area contributed by atoms with Gasteiger partial charge in [-0.1, -0.05) is 22.0 Å². The highest BCUT2D eigenvalue weighted by molar-refractivity contribution is 6.31. The van der Waals surface area contributed by atoms with Crippen LogP contribution < -0.4 is 0 Å². The fraction of sp³-hybridized carbons (Fsp3) is 0.444. The van der Waals surface area contributed by atoms with Crippen molar-refractivity contribution in [1.29, 1.82) is 0 Å². The Morgan fingerprint density at radius 1 is 1.37 bits per heavy atom. The molecule has 1 aromatic carbocycles. The second-order valence-corrected chi connectivity index (χ2v) is 7.42. The standard InChI is InChI=1S/C18H21ClN6O2/c1-23(10-15-14-9-12(19)3-4-17(14)27-21-15)13-5-7-25(8-6-13)18(26)16-11-24(2)22-20-16/h3-4,9,11,13H,5-8,10H2,1-2H3. The van der Waals surface area contributed by atoms with E-state index >= 15 is 0 Å². The van der Waals surface area contributed by atoms with E-state index in [2.05, 4.69) is 27.4 Å². The average molecular weight is 389 g/mol. The molecule has 0 N–H and O–H groups in total. The van der Waals surface area contributed by atoms with E-state index in [1.54, 1.807) is 24.0 Å². The van der Waals surface area contributed by atoms with Crippen LogP contribution in [0.1, 0.15) is 29.0 Å². The van der Waals surface area contributed by atoms with Gasteiger partial charge >= 0.3 is 0 Å². The molecule has 142 valence electrons. The van der Waals surface area contributed by atoms with Gasteiger partial charge in [-0.3, -0.25) is 14.4 Å². The van der Waals surface area contributed by atoms with E-state index in [0.717, 1.165) is 29.5 Å². The number of aromatic nitrogens is 4. The Kier molecular flexibility index (Phi) is 4.84. The van der Waals surface area contributed by atoms with Crippen LogP contribution >= 0.6 is 11.6 Å². The van der Waals surface area contributed by atoms with Gasteiger partial charge in [-0.05, 0) is 38.1 Å². The number of carbonyl (C=O) groups excluding carboxylic acids is 1. The van der Waals surface area contributed by atoms with Crippen LogP contribution in [0.15, 0.2) is 28.9 Å². The molecule has 1 aliphatic heterocycles. The molecule has 8 nitrogen and oxygen atoms in total. The Labute approximate surface area is 161 Å². The maximum atomic E-state index is 12.5. The summed E-state index contributed by atoms with van der Waals surface area (Å²) in [6.07, 6.45) is 3.46. The molecule has 3 heterocycles. The molecular formula is C18H21ClN6O2. The van der Waals surface area contributed by atoms with Crippen molar-refractivity contribution in [2.75, 3.05) is 20.1 Å². The Morgan fingerprint density at radius 2 is 2.15 bits per heavy atom. The van der Waals surface area contributed by atoms with Crippen LogP contribution in [0.3, 0.4) is 0 Å². The summed E-state index contributed by atoms with van der Waals surface area (Å²) in [5.74, 6) is -0.0543. The van der Waals surface area contributed by atoms with Gasteiger partial charge in [0.25, 0.3) is 5.91 Å². The van der Waals surface area contributed by atoms with Gasteiger partial charge in [0.1, 0.15) is 5.69 Å². The van der Waals surface area contributed by atoms with Crippen LogP contribution in [0.25, 0.3) is 11.0 Å². The van der Waals surface area contributed by atoms with Gasteiger partial charge < -0.3 is 9.42 Å². The molecular weight excluding hydrogens is 368 g/mol. The van der Waals surface area contributed by atoms with Crippen molar-refractivity contribution in [1.82, 2.24) is 30.0 Å². The largest absolute Gasteiger partial charge is 0.356 e. The molecule has 1 saturated heterocycles. The Morgan fingerprint density at radius 3 is 2.85 bits per heavy atom. The molecule has 1 aliphatic rings. The number of fused-ring (bicyclic) bond motifs is 1. The van der Waals surface area contributed by atoms with Gasteiger partial charge in [-0.15, -0.1) is 5.10 Å². The third-order valence-electron chi connectivity index (χ3n) is 5.10. The number of piperidine rings is 1. The second-order valence-electron chi connectivity index (χ2n) is 6.99. The van der Waals surface area contributed by atoms with Crippen molar-refractivity contribution >= 4 is 28.5 Å². The fourth-order valence-electron chi connectivity index (χ4n) is 3.56. The number of rotatable bonds is 4.